The Hall–Kier alpha value is -0.280. The third kappa shape index (κ3) is 4.09. The summed E-state index contributed by atoms with van der Waals surface area (Å²) in [5.41, 5.74) is 6.09. The van der Waals surface area contributed by atoms with Crippen molar-refractivity contribution in [1.82, 2.24) is 4.90 Å². The predicted octanol–water partition coefficient (Wildman–Crippen LogP) is 2.97. The van der Waals surface area contributed by atoms with Crippen LogP contribution in [0.15, 0.2) is 0 Å². The molecule has 1 amide bonds. The summed E-state index contributed by atoms with van der Waals surface area (Å²) in [6, 6.07) is 0. The van der Waals surface area contributed by atoms with Crippen LogP contribution in [0.4, 0.5) is 0 Å². The Morgan fingerprint density at radius 1 is 1.32 bits per heavy atom. The van der Waals surface area contributed by atoms with Crippen LogP contribution in [0.3, 0.4) is 0 Å². The molecule has 112 valence electrons. The molecule has 0 radical (unpaired) electrons. The van der Waals surface area contributed by atoms with Gasteiger partial charge in [0.1, 0.15) is 0 Å². The van der Waals surface area contributed by atoms with E-state index in [-0.39, 0.29) is 17.8 Å². The number of nitrogens with two attached hydrogens (primary N) is 1. The number of carbonyl (C=O) groups excluding carboxylic acids is 1. The van der Waals surface area contributed by atoms with E-state index in [1.54, 1.807) is 0 Å². The molecule has 2 rings (SSSR count). The fourth-order valence-corrected chi connectivity index (χ4v) is 3.58. The molecule has 1 saturated heterocycles. The molecule has 4 heteroatoms. The van der Waals surface area contributed by atoms with Crippen LogP contribution in [-0.2, 0) is 4.79 Å². The zero-order chi connectivity index (χ0) is 13.0. The lowest BCUT2D eigenvalue weighted by Crippen LogP contribution is -2.39. The third-order valence-corrected chi connectivity index (χ3v) is 5.09. The largest absolute Gasteiger partial charge is 0.342 e. The minimum atomic E-state index is 0. The number of carbonyl (C=O) groups is 1. The number of amides is 1. The van der Waals surface area contributed by atoms with Gasteiger partial charge in [-0.2, -0.15) is 0 Å². The molecule has 1 heterocycles. The third-order valence-electron chi connectivity index (χ3n) is 5.09. The molecule has 0 aromatic heterocycles. The Morgan fingerprint density at radius 2 is 2.00 bits per heavy atom. The molecule has 0 spiro atoms. The predicted molar refractivity (Wildman–Crippen MR) is 81.4 cm³/mol. The molecule has 1 saturated carbocycles. The van der Waals surface area contributed by atoms with Crippen molar-refractivity contribution < 1.29 is 4.79 Å². The number of likely N-dealkylation sites (tertiary alicyclic amines) is 1. The summed E-state index contributed by atoms with van der Waals surface area (Å²) in [6.45, 7) is 4.86. The van der Waals surface area contributed by atoms with Crippen LogP contribution in [-0.4, -0.2) is 30.4 Å². The molecule has 1 unspecified atom stereocenters. The van der Waals surface area contributed by atoms with Gasteiger partial charge in [0, 0.05) is 19.5 Å². The fraction of sp³-hybridized carbons (Fsp3) is 0.933. The van der Waals surface area contributed by atoms with Crippen molar-refractivity contribution in [3.05, 3.63) is 0 Å². The lowest BCUT2D eigenvalue weighted by molar-refractivity contribution is -0.133. The summed E-state index contributed by atoms with van der Waals surface area (Å²) < 4.78 is 0. The summed E-state index contributed by atoms with van der Waals surface area (Å²) in [5, 5.41) is 0. The van der Waals surface area contributed by atoms with Crippen molar-refractivity contribution in [2.45, 2.75) is 58.3 Å². The maximum Gasteiger partial charge on any atom is 0.223 e. The van der Waals surface area contributed by atoms with E-state index in [1.165, 1.54) is 32.1 Å². The van der Waals surface area contributed by atoms with Gasteiger partial charge >= 0.3 is 0 Å². The molecule has 2 aliphatic rings. The minimum Gasteiger partial charge on any atom is -0.342 e. The van der Waals surface area contributed by atoms with Crippen LogP contribution >= 0.6 is 12.4 Å². The van der Waals surface area contributed by atoms with Gasteiger partial charge in [0.2, 0.25) is 5.91 Å². The highest BCUT2D eigenvalue weighted by Crippen LogP contribution is 2.39. The summed E-state index contributed by atoms with van der Waals surface area (Å²) in [5.74, 6) is 1.09. The first-order valence-corrected chi connectivity index (χ1v) is 7.67. The number of nitrogens with zero attached hydrogens (tertiary/aromatic N) is 1. The monoisotopic (exact) mass is 288 g/mol. The van der Waals surface area contributed by atoms with Gasteiger partial charge in [0.15, 0.2) is 0 Å². The van der Waals surface area contributed by atoms with Crippen LogP contribution < -0.4 is 5.73 Å². The van der Waals surface area contributed by atoms with Crippen LogP contribution in [0.1, 0.15) is 58.3 Å². The van der Waals surface area contributed by atoms with Gasteiger partial charge in [-0.25, -0.2) is 0 Å². The lowest BCUT2D eigenvalue weighted by atomic mass is 9.71. The summed E-state index contributed by atoms with van der Waals surface area (Å²) >= 11 is 0. The summed E-state index contributed by atoms with van der Waals surface area (Å²) in [6.07, 6.45) is 9.21. The molecule has 2 N–H and O–H groups in total. The maximum atomic E-state index is 12.4. The zero-order valence-electron chi connectivity index (χ0n) is 12.2. The van der Waals surface area contributed by atoms with Crippen LogP contribution in [0.25, 0.3) is 0 Å². The van der Waals surface area contributed by atoms with Crippen molar-refractivity contribution in [2.75, 3.05) is 19.6 Å². The molecular formula is C15H29ClN2O. The van der Waals surface area contributed by atoms with Gasteiger partial charge in [0.25, 0.3) is 0 Å². The van der Waals surface area contributed by atoms with Gasteiger partial charge in [-0.3, -0.25) is 4.79 Å². The minimum absolute atomic E-state index is 0. The molecule has 2 fully saturated rings. The van der Waals surface area contributed by atoms with Gasteiger partial charge < -0.3 is 10.6 Å². The zero-order valence-corrected chi connectivity index (χ0v) is 13.0. The highest BCUT2D eigenvalue weighted by atomic mass is 35.5. The van der Waals surface area contributed by atoms with Crippen LogP contribution in [0, 0.1) is 11.3 Å². The molecule has 19 heavy (non-hydrogen) atoms. The van der Waals surface area contributed by atoms with Crippen molar-refractivity contribution in [2.24, 2.45) is 17.1 Å². The Bertz CT molecular complexity index is 290. The fourth-order valence-electron chi connectivity index (χ4n) is 3.58. The van der Waals surface area contributed by atoms with Gasteiger partial charge in [0.05, 0.1) is 0 Å². The van der Waals surface area contributed by atoms with Crippen LogP contribution in [0.2, 0.25) is 0 Å². The number of halogens is 1. The molecule has 0 aromatic carbocycles. The van der Waals surface area contributed by atoms with Gasteiger partial charge in [-0.1, -0.05) is 32.6 Å². The van der Waals surface area contributed by atoms with E-state index in [4.69, 9.17) is 5.73 Å². The van der Waals surface area contributed by atoms with E-state index in [0.29, 0.717) is 18.9 Å². The smallest absolute Gasteiger partial charge is 0.223 e. The molecule has 3 nitrogen and oxygen atoms in total. The molecule has 1 aliphatic heterocycles. The topological polar surface area (TPSA) is 46.3 Å². The first-order chi connectivity index (χ1) is 8.69. The Morgan fingerprint density at radius 3 is 2.53 bits per heavy atom. The highest BCUT2D eigenvalue weighted by Gasteiger charge is 2.35. The average molecular weight is 289 g/mol. The van der Waals surface area contributed by atoms with Gasteiger partial charge in [-0.05, 0) is 37.1 Å². The normalized spacial score (nSPS) is 26.0. The summed E-state index contributed by atoms with van der Waals surface area (Å²) in [7, 11) is 0. The Kier molecular flexibility index (Phi) is 6.61. The Balaban J connectivity index is 0.00000180. The molecule has 1 atom stereocenters. The quantitative estimate of drug-likeness (QED) is 0.864. The van der Waals surface area contributed by atoms with E-state index < -0.39 is 0 Å². The SMILES string of the molecule is CCC1CCN(C(=O)CC2(CN)CCCCC2)C1.Cl. The second-order valence-electron chi connectivity index (χ2n) is 6.34. The second kappa shape index (κ2) is 7.49. The van der Waals surface area contributed by atoms with Crippen molar-refractivity contribution in [3.8, 4) is 0 Å². The van der Waals surface area contributed by atoms with Gasteiger partial charge in [-0.15, -0.1) is 12.4 Å². The number of hydrogen-bond donors (Lipinski definition) is 1. The van der Waals surface area contributed by atoms with E-state index in [0.717, 1.165) is 31.8 Å². The molecule has 0 bridgehead atoms. The van der Waals surface area contributed by atoms with E-state index in [9.17, 15) is 4.79 Å². The van der Waals surface area contributed by atoms with E-state index in [2.05, 4.69) is 11.8 Å². The number of rotatable bonds is 4. The summed E-state index contributed by atoms with van der Waals surface area (Å²) in [4.78, 5) is 14.5. The Labute approximate surface area is 123 Å². The van der Waals surface area contributed by atoms with Crippen molar-refractivity contribution in [3.63, 3.8) is 0 Å². The molecular weight excluding hydrogens is 260 g/mol. The molecule has 0 aromatic rings. The van der Waals surface area contributed by atoms with Crippen LogP contribution in [0.5, 0.6) is 0 Å². The maximum absolute atomic E-state index is 12.4. The second-order valence-corrected chi connectivity index (χ2v) is 6.34. The van der Waals surface area contributed by atoms with E-state index in [1.807, 2.05) is 0 Å². The highest BCUT2D eigenvalue weighted by molar-refractivity contribution is 5.85. The van der Waals surface area contributed by atoms with E-state index >= 15 is 0 Å². The lowest BCUT2D eigenvalue weighted by Gasteiger charge is -2.36. The molecule has 1 aliphatic carbocycles. The average Bonchev–Trinajstić information content (AvgIpc) is 2.88. The van der Waals surface area contributed by atoms with Crippen molar-refractivity contribution >= 4 is 18.3 Å². The first kappa shape index (κ1) is 16.8. The standard InChI is InChI=1S/C15H28N2O.ClH/c1-2-13-6-9-17(11-13)14(18)10-15(12-16)7-4-3-5-8-15;/h13H,2-12,16H2,1H3;1H. The first-order valence-electron chi connectivity index (χ1n) is 7.67. The van der Waals surface area contributed by atoms with Crippen molar-refractivity contribution in [1.29, 1.82) is 0 Å². The number of hydrogen-bond acceptors (Lipinski definition) is 2.